The van der Waals surface area contributed by atoms with E-state index in [9.17, 15) is 9.59 Å². The highest BCUT2D eigenvalue weighted by Gasteiger charge is 2.23. The first-order chi connectivity index (χ1) is 9.66. The number of nitrogens with zero attached hydrogens (tertiary/aromatic N) is 1. The van der Waals surface area contributed by atoms with Crippen molar-refractivity contribution < 1.29 is 9.59 Å². The van der Waals surface area contributed by atoms with Crippen molar-refractivity contribution >= 4 is 11.9 Å². The number of carbonyl (C=O) groups excluding carboxylic acids is 2. The zero-order chi connectivity index (χ0) is 14.4. The van der Waals surface area contributed by atoms with E-state index in [1.165, 1.54) is 19.3 Å². The summed E-state index contributed by atoms with van der Waals surface area (Å²) in [4.78, 5) is 25.7. The minimum Gasteiger partial charge on any atom is -0.336 e. The van der Waals surface area contributed by atoms with Gasteiger partial charge in [-0.2, -0.15) is 0 Å². The highest BCUT2D eigenvalue weighted by atomic mass is 16.2. The van der Waals surface area contributed by atoms with Gasteiger partial charge in [0.1, 0.15) is 0 Å². The second-order valence-electron chi connectivity index (χ2n) is 5.80. The van der Waals surface area contributed by atoms with Crippen LogP contribution in [0.25, 0.3) is 0 Å². The van der Waals surface area contributed by atoms with E-state index < -0.39 is 0 Å². The van der Waals surface area contributed by atoms with Gasteiger partial charge in [-0.05, 0) is 19.8 Å². The van der Waals surface area contributed by atoms with E-state index in [0.29, 0.717) is 6.54 Å². The molecule has 0 unspecified atom stereocenters. The first kappa shape index (κ1) is 15.1. The molecule has 2 aliphatic rings. The molecule has 2 rings (SSSR count). The van der Waals surface area contributed by atoms with Crippen molar-refractivity contribution in [3.05, 3.63) is 0 Å². The molecule has 0 spiro atoms. The third kappa shape index (κ3) is 4.37. The second kappa shape index (κ2) is 7.47. The Bertz CT molecular complexity index is 342. The first-order valence-electron chi connectivity index (χ1n) is 7.71. The molecule has 2 fully saturated rings. The van der Waals surface area contributed by atoms with Crippen molar-refractivity contribution in [3.63, 3.8) is 0 Å². The lowest BCUT2D eigenvalue weighted by Gasteiger charge is -2.34. The summed E-state index contributed by atoms with van der Waals surface area (Å²) in [7, 11) is 0. The number of carbonyl (C=O) groups is 2. The van der Waals surface area contributed by atoms with Crippen LogP contribution in [0.4, 0.5) is 4.79 Å². The molecule has 6 nitrogen and oxygen atoms in total. The number of rotatable bonds is 3. The van der Waals surface area contributed by atoms with Crippen molar-refractivity contribution in [3.8, 4) is 0 Å². The molecule has 1 aliphatic heterocycles. The molecule has 114 valence electrons. The van der Waals surface area contributed by atoms with Gasteiger partial charge >= 0.3 is 6.03 Å². The second-order valence-corrected chi connectivity index (χ2v) is 5.80. The van der Waals surface area contributed by atoms with Crippen LogP contribution >= 0.6 is 0 Å². The van der Waals surface area contributed by atoms with Crippen molar-refractivity contribution in [1.82, 2.24) is 20.9 Å². The van der Waals surface area contributed by atoms with Crippen molar-refractivity contribution in [2.24, 2.45) is 0 Å². The Morgan fingerprint density at radius 2 is 2.00 bits per heavy atom. The van der Waals surface area contributed by atoms with Gasteiger partial charge < -0.3 is 20.9 Å². The van der Waals surface area contributed by atoms with Crippen LogP contribution < -0.4 is 16.0 Å². The minimum atomic E-state index is -0.215. The van der Waals surface area contributed by atoms with Crippen LogP contribution in [-0.2, 0) is 4.79 Å². The maximum absolute atomic E-state index is 12.1. The molecule has 1 heterocycles. The SMILES string of the molecule is C[C@H]1CNCCN1C(=O)CNC(=O)NC1CCCCC1. The Morgan fingerprint density at radius 1 is 1.25 bits per heavy atom. The fourth-order valence-electron chi connectivity index (χ4n) is 2.95. The molecule has 1 saturated heterocycles. The normalized spacial score (nSPS) is 24.2. The lowest BCUT2D eigenvalue weighted by Crippen LogP contribution is -2.55. The van der Waals surface area contributed by atoms with E-state index >= 15 is 0 Å². The summed E-state index contributed by atoms with van der Waals surface area (Å²) >= 11 is 0. The van der Waals surface area contributed by atoms with Crippen LogP contribution in [0.15, 0.2) is 0 Å². The Hall–Kier alpha value is -1.30. The summed E-state index contributed by atoms with van der Waals surface area (Å²) in [5.74, 6) is -0.00204. The molecule has 0 aromatic carbocycles. The molecule has 20 heavy (non-hydrogen) atoms. The van der Waals surface area contributed by atoms with Gasteiger partial charge in [-0.3, -0.25) is 4.79 Å². The number of hydrogen-bond donors (Lipinski definition) is 3. The Kier molecular flexibility index (Phi) is 5.64. The lowest BCUT2D eigenvalue weighted by atomic mass is 9.96. The zero-order valence-corrected chi connectivity index (χ0v) is 12.3. The minimum absolute atomic E-state index is 0.00204. The zero-order valence-electron chi connectivity index (χ0n) is 12.3. The maximum atomic E-state index is 12.1. The maximum Gasteiger partial charge on any atom is 0.315 e. The summed E-state index contributed by atoms with van der Waals surface area (Å²) in [6.45, 7) is 4.46. The summed E-state index contributed by atoms with van der Waals surface area (Å²) in [5.41, 5.74) is 0. The number of nitrogens with one attached hydrogen (secondary N) is 3. The summed E-state index contributed by atoms with van der Waals surface area (Å²) in [6.07, 6.45) is 5.73. The van der Waals surface area contributed by atoms with Crippen LogP contribution in [0.1, 0.15) is 39.0 Å². The van der Waals surface area contributed by atoms with Gasteiger partial charge in [0.15, 0.2) is 0 Å². The van der Waals surface area contributed by atoms with Gasteiger partial charge in [0, 0.05) is 31.7 Å². The third-order valence-electron chi connectivity index (χ3n) is 4.16. The predicted octanol–water partition coefficient (Wildman–Crippen LogP) is 0.439. The molecule has 3 amide bonds. The highest BCUT2D eigenvalue weighted by molar-refractivity contribution is 5.84. The van der Waals surface area contributed by atoms with Gasteiger partial charge in [0.05, 0.1) is 6.54 Å². The van der Waals surface area contributed by atoms with E-state index in [1.807, 2.05) is 11.8 Å². The van der Waals surface area contributed by atoms with E-state index in [1.54, 1.807) is 0 Å². The van der Waals surface area contributed by atoms with Gasteiger partial charge in [0.25, 0.3) is 0 Å². The summed E-state index contributed by atoms with van der Waals surface area (Å²) in [6, 6.07) is 0.254. The number of hydrogen-bond acceptors (Lipinski definition) is 3. The number of amides is 3. The van der Waals surface area contributed by atoms with Crippen molar-refractivity contribution in [1.29, 1.82) is 0 Å². The van der Waals surface area contributed by atoms with Crippen molar-refractivity contribution in [2.75, 3.05) is 26.2 Å². The Morgan fingerprint density at radius 3 is 2.70 bits per heavy atom. The van der Waals surface area contributed by atoms with Gasteiger partial charge in [-0.25, -0.2) is 4.79 Å². The lowest BCUT2D eigenvalue weighted by molar-refractivity contribution is -0.132. The molecule has 1 atom stereocenters. The largest absolute Gasteiger partial charge is 0.336 e. The van der Waals surface area contributed by atoms with E-state index in [4.69, 9.17) is 0 Å². The number of urea groups is 1. The fourth-order valence-corrected chi connectivity index (χ4v) is 2.95. The van der Waals surface area contributed by atoms with Crippen molar-refractivity contribution in [2.45, 2.75) is 51.1 Å². The van der Waals surface area contributed by atoms with Gasteiger partial charge in [-0.1, -0.05) is 19.3 Å². The average molecular weight is 282 g/mol. The van der Waals surface area contributed by atoms with Crippen LogP contribution in [0.2, 0.25) is 0 Å². The quantitative estimate of drug-likeness (QED) is 0.703. The van der Waals surface area contributed by atoms with E-state index in [0.717, 1.165) is 25.9 Å². The molecule has 1 aliphatic carbocycles. The smallest absolute Gasteiger partial charge is 0.315 e. The third-order valence-corrected chi connectivity index (χ3v) is 4.16. The monoisotopic (exact) mass is 282 g/mol. The first-order valence-corrected chi connectivity index (χ1v) is 7.71. The van der Waals surface area contributed by atoms with Gasteiger partial charge in [0.2, 0.25) is 5.91 Å². The Labute approximate surface area is 120 Å². The Balaban J connectivity index is 1.68. The fraction of sp³-hybridized carbons (Fsp3) is 0.857. The van der Waals surface area contributed by atoms with Gasteiger partial charge in [-0.15, -0.1) is 0 Å². The molecule has 1 saturated carbocycles. The molecule has 3 N–H and O–H groups in total. The predicted molar refractivity (Wildman–Crippen MR) is 77.5 cm³/mol. The molecule has 0 bridgehead atoms. The molecule has 0 aromatic heterocycles. The summed E-state index contributed by atoms with van der Waals surface area (Å²) < 4.78 is 0. The molecule has 6 heteroatoms. The summed E-state index contributed by atoms with van der Waals surface area (Å²) in [5, 5.41) is 8.89. The number of piperazine rings is 1. The van der Waals surface area contributed by atoms with Crippen LogP contribution in [0.5, 0.6) is 0 Å². The molecule has 0 radical (unpaired) electrons. The standard InChI is InChI=1S/C14H26N4O2/c1-11-9-15-7-8-18(11)13(19)10-16-14(20)17-12-5-3-2-4-6-12/h11-12,15H,2-10H2,1H3,(H2,16,17,20)/t11-/m0/s1. The highest BCUT2D eigenvalue weighted by Crippen LogP contribution is 2.17. The van der Waals surface area contributed by atoms with E-state index in [2.05, 4.69) is 16.0 Å². The average Bonchev–Trinajstić information content (AvgIpc) is 2.46. The molecule has 0 aromatic rings. The van der Waals surface area contributed by atoms with Crippen LogP contribution in [0, 0.1) is 0 Å². The van der Waals surface area contributed by atoms with Crippen LogP contribution in [0.3, 0.4) is 0 Å². The topological polar surface area (TPSA) is 73.5 Å². The van der Waals surface area contributed by atoms with Crippen LogP contribution in [-0.4, -0.2) is 55.1 Å². The molecular weight excluding hydrogens is 256 g/mol. The van der Waals surface area contributed by atoms with E-state index in [-0.39, 0.29) is 30.6 Å². The molecular formula is C14H26N4O2.